The van der Waals surface area contributed by atoms with Crippen molar-refractivity contribution in [3.8, 4) is 0 Å². The fourth-order valence-electron chi connectivity index (χ4n) is 1.33. The molecule has 2 aromatic heterocycles. The van der Waals surface area contributed by atoms with E-state index in [9.17, 15) is 13.2 Å². The number of sulfonamides is 1. The Morgan fingerprint density at radius 1 is 1.40 bits per heavy atom. The molecule has 20 heavy (non-hydrogen) atoms. The molecule has 0 aliphatic rings. The van der Waals surface area contributed by atoms with Crippen LogP contribution in [0.2, 0.25) is 8.67 Å². The second-order valence-corrected chi connectivity index (χ2v) is 8.65. The summed E-state index contributed by atoms with van der Waals surface area (Å²) >= 11 is 13.3. The van der Waals surface area contributed by atoms with Crippen LogP contribution in [0.4, 0.5) is 5.00 Å². The van der Waals surface area contributed by atoms with Crippen LogP contribution in [-0.2, 0) is 10.0 Å². The third-order valence-electron chi connectivity index (χ3n) is 2.08. The van der Waals surface area contributed by atoms with Crippen molar-refractivity contribution >= 4 is 66.9 Å². The summed E-state index contributed by atoms with van der Waals surface area (Å²) in [6, 6.07) is 1.20. The maximum absolute atomic E-state index is 12.2. The first-order valence-corrected chi connectivity index (χ1v) is 8.76. The van der Waals surface area contributed by atoms with Gasteiger partial charge >= 0.3 is 5.97 Å². The number of hydrogen-bond acceptors (Lipinski definition) is 6. The SMILES string of the molecule is Cc1nc(C(=O)O)c(NS(=O)(=O)c2cc(Cl)sc2Cl)s1. The molecule has 0 saturated heterocycles. The number of rotatable bonds is 4. The first-order chi connectivity index (χ1) is 9.20. The predicted molar refractivity (Wildman–Crippen MR) is 79.0 cm³/mol. The molecule has 0 spiro atoms. The van der Waals surface area contributed by atoms with Crippen LogP contribution in [0.15, 0.2) is 11.0 Å². The quantitative estimate of drug-likeness (QED) is 0.857. The average Bonchev–Trinajstić information content (AvgIpc) is 2.81. The highest BCUT2D eigenvalue weighted by atomic mass is 35.5. The van der Waals surface area contributed by atoms with Crippen molar-refractivity contribution in [2.75, 3.05) is 4.72 Å². The van der Waals surface area contributed by atoms with Crippen molar-refractivity contribution in [3.05, 3.63) is 25.4 Å². The molecule has 0 fully saturated rings. The highest BCUT2D eigenvalue weighted by Crippen LogP contribution is 2.36. The van der Waals surface area contributed by atoms with Crippen LogP contribution in [0, 0.1) is 6.92 Å². The van der Waals surface area contributed by atoms with Gasteiger partial charge in [0, 0.05) is 0 Å². The number of carboxylic acid groups (broad SMARTS) is 1. The number of aromatic nitrogens is 1. The number of thiazole rings is 1. The Morgan fingerprint density at radius 3 is 2.55 bits per heavy atom. The van der Waals surface area contributed by atoms with Gasteiger partial charge in [-0.1, -0.05) is 23.2 Å². The van der Waals surface area contributed by atoms with Gasteiger partial charge in [0.15, 0.2) is 5.69 Å². The van der Waals surface area contributed by atoms with Gasteiger partial charge in [-0.25, -0.2) is 18.2 Å². The van der Waals surface area contributed by atoms with Crippen LogP contribution in [0.1, 0.15) is 15.5 Å². The van der Waals surface area contributed by atoms with Crippen molar-refractivity contribution in [2.45, 2.75) is 11.8 Å². The highest BCUT2D eigenvalue weighted by molar-refractivity contribution is 7.93. The van der Waals surface area contributed by atoms with Crippen molar-refractivity contribution in [1.82, 2.24) is 4.98 Å². The van der Waals surface area contributed by atoms with Gasteiger partial charge in [0.25, 0.3) is 10.0 Å². The van der Waals surface area contributed by atoms with E-state index in [1.165, 1.54) is 6.07 Å². The van der Waals surface area contributed by atoms with Gasteiger partial charge in [-0.05, 0) is 13.0 Å². The smallest absolute Gasteiger partial charge is 0.357 e. The minimum absolute atomic E-state index is 0.000567. The van der Waals surface area contributed by atoms with E-state index >= 15 is 0 Å². The molecule has 0 atom stereocenters. The number of hydrogen-bond donors (Lipinski definition) is 2. The molecule has 2 heterocycles. The lowest BCUT2D eigenvalue weighted by Crippen LogP contribution is -2.14. The van der Waals surface area contributed by atoms with E-state index in [0.717, 1.165) is 22.7 Å². The van der Waals surface area contributed by atoms with Gasteiger partial charge in [-0.3, -0.25) is 4.72 Å². The van der Waals surface area contributed by atoms with E-state index in [2.05, 4.69) is 9.71 Å². The number of aromatic carboxylic acids is 1. The number of halogens is 2. The number of aryl methyl sites for hydroxylation is 1. The van der Waals surface area contributed by atoms with E-state index < -0.39 is 16.0 Å². The molecular formula is C9H6Cl2N2O4S3. The first kappa shape index (κ1) is 15.5. The van der Waals surface area contributed by atoms with Gasteiger partial charge in [0.05, 0.1) is 9.34 Å². The van der Waals surface area contributed by atoms with Crippen molar-refractivity contribution < 1.29 is 18.3 Å². The van der Waals surface area contributed by atoms with E-state index in [0.29, 0.717) is 5.01 Å². The Balaban J connectivity index is 2.43. The molecule has 2 N–H and O–H groups in total. The second kappa shape index (κ2) is 5.49. The van der Waals surface area contributed by atoms with E-state index in [-0.39, 0.29) is 24.3 Å². The van der Waals surface area contributed by atoms with Crippen LogP contribution in [0.5, 0.6) is 0 Å². The zero-order valence-electron chi connectivity index (χ0n) is 9.68. The average molecular weight is 373 g/mol. The molecular weight excluding hydrogens is 367 g/mol. The maximum Gasteiger partial charge on any atom is 0.357 e. The second-order valence-electron chi connectivity index (χ2n) is 3.51. The lowest BCUT2D eigenvalue weighted by molar-refractivity contribution is 0.0692. The topological polar surface area (TPSA) is 96.4 Å². The number of thiophene rings is 1. The number of carboxylic acids is 1. The molecule has 2 rings (SSSR count). The lowest BCUT2D eigenvalue weighted by Gasteiger charge is -2.04. The first-order valence-electron chi connectivity index (χ1n) is 4.89. The highest BCUT2D eigenvalue weighted by Gasteiger charge is 2.25. The van der Waals surface area contributed by atoms with Gasteiger partial charge in [0.1, 0.15) is 14.2 Å². The van der Waals surface area contributed by atoms with Gasteiger partial charge in [-0.2, -0.15) is 0 Å². The molecule has 6 nitrogen and oxygen atoms in total. The Bertz CT molecular complexity index is 781. The standard InChI is InChI=1S/C9H6Cl2N2O4S3/c1-3-12-6(9(14)15)8(18-3)13-20(16,17)4-2-5(10)19-7(4)11/h2,13H,1H3,(H,14,15). The predicted octanol–water partition coefficient (Wildman–Crippen LogP) is 3.32. The molecule has 11 heteroatoms. The molecule has 0 amide bonds. The maximum atomic E-state index is 12.2. The summed E-state index contributed by atoms with van der Waals surface area (Å²) < 4.78 is 26.7. The Morgan fingerprint density at radius 2 is 2.05 bits per heavy atom. The summed E-state index contributed by atoms with van der Waals surface area (Å²) in [5.41, 5.74) is -0.353. The Kier molecular flexibility index (Phi) is 4.26. The minimum atomic E-state index is -4.01. The zero-order valence-corrected chi connectivity index (χ0v) is 13.6. The van der Waals surface area contributed by atoms with Crippen LogP contribution in [0.3, 0.4) is 0 Å². The molecule has 0 radical (unpaired) electrons. The monoisotopic (exact) mass is 372 g/mol. The van der Waals surface area contributed by atoms with Crippen molar-refractivity contribution in [2.24, 2.45) is 0 Å². The Hall–Kier alpha value is -0.870. The number of carbonyl (C=O) groups is 1. The molecule has 108 valence electrons. The summed E-state index contributed by atoms with van der Waals surface area (Å²) in [6.07, 6.45) is 0. The summed E-state index contributed by atoms with van der Waals surface area (Å²) in [4.78, 5) is 14.5. The summed E-state index contributed by atoms with van der Waals surface area (Å²) in [5, 5.41) is 9.32. The number of nitrogens with one attached hydrogen (secondary N) is 1. The summed E-state index contributed by atoms with van der Waals surface area (Å²) in [6.45, 7) is 1.57. The normalized spacial score (nSPS) is 11.6. The largest absolute Gasteiger partial charge is 0.476 e. The summed E-state index contributed by atoms with van der Waals surface area (Å²) in [5.74, 6) is -1.32. The fourth-order valence-corrected chi connectivity index (χ4v) is 5.59. The third kappa shape index (κ3) is 3.07. The molecule has 0 aliphatic carbocycles. The van der Waals surface area contributed by atoms with Crippen LogP contribution in [0.25, 0.3) is 0 Å². The molecule has 0 aliphatic heterocycles. The zero-order chi connectivity index (χ0) is 15.1. The van der Waals surface area contributed by atoms with E-state index in [1.807, 2.05) is 0 Å². The molecule has 0 saturated carbocycles. The van der Waals surface area contributed by atoms with Crippen LogP contribution >= 0.6 is 45.9 Å². The fraction of sp³-hybridized carbons (Fsp3) is 0.111. The molecule has 0 bridgehead atoms. The number of anilines is 1. The summed E-state index contributed by atoms with van der Waals surface area (Å²) in [7, 11) is -4.01. The van der Waals surface area contributed by atoms with Crippen LogP contribution in [-0.4, -0.2) is 24.5 Å². The van der Waals surface area contributed by atoms with E-state index in [1.54, 1.807) is 6.92 Å². The van der Waals surface area contributed by atoms with Gasteiger partial charge in [0.2, 0.25) is 0 Å². The van der Waals surface area contributed by atoms with Crippen molar-refractivity contribution in [1.29, 1.82) is 0 Å². The lowest BCUT2D eigenvalue weighted by atomic mass is 10.5. The number of nitrogens with zero attached hydrogens (tertiary/aromatic N) is 1. The van der Waals surface area contributed by atoms with Gasteiger partial charge < -0.3 is 5.11 Å². The van der Waals surface area contributed by atoms with Gasteiger partial charge in [-0.15, -0.1) is 22.7 Å². The van der Waals surface area contributed by atoms with Crippen molar-refractivity contribution in [3.63, 3.8) is 0 Å². The minimum Gasteiger partial charge on any atom is -0.476 e. The Labute approximate surface area is 132 Å². The third-order valence-corrected chi connectivity index (χ3v) is 6.20. The van der Waals surface area contributed by atoms with Crippen LogP contribution < -0.4 is 4.72 Å². The molecule has 2 aromatic rings. The molecule has 0 unspecified atom stereocenters. The van der Waals surface area contributed by atoms with E-state index in [4.69, 9.17) is 28.3 Å². The molecule has 0 aromatic carbocycles.